The summed E-state index contributed by atoms with van der Waals surface area (Å²) in [5.74, 6) is -0.00245. The number of ketones is 1. The van der Waals surface area contributed by atoms with E-state index in [-0.39, 0.29) is 12.4 Å². The van der Waals surface area contributed by atoms with Crippen molar-refractivity contribution in [1.82, 2.24) is 0 Å². The van der Waals surface area contributed by atoms with Crippen molar-refractivity contribution in [3.8, 4) is 0 Å². The van der Waals surface area contributed by atoms with Crippen LogP contribution >= 0.6 is 0 Å². The molecule has 0 aliphatic carbocycles. The lowest BCUT2D eigenvalue weighted by Gasteiger charge is -2.17. The quantitative estimate of drug-likeness (QED) is 0.796. The Labute approximate surface area is 103 Å². The maximum absolute atomic E-state index is 11.8. The highest BCUT2D eigenvalue weighted by Crippen LogP contribution is 2.10. The highest BCUT2D eigenvalue weighted by Gasteiger charge is 2.13. The van der Waals surface area contributed by atoms with Crippen LogP contribution in [-0.2, 0) is 4.74 Å². The lowest BCUT2D eigenvalue weighted by molar-refractivity contribution is 0.0670. The number of carbonyl (C=O) groups excluding carboxylic acids is 1. The molecule has 1 aromatic carbocycles. The Hall–Kier alpha value is -1.19. The van der Waals surface area contributed by atoms with Crippen LogP contribution in [0.25, 0.3) is 0 Å². The lowest BCUT2D eigenvalue weighted by atomic mass is 10.0. The zero-order valence-corrected chi connectivity index (χ0v) is 11.0. The molecule has 0 atom stereocenters. The molecule has 0 heterocycles. The van der Waals surface area contributed by atoms with E-state index in [1.165, 1.54) is 5.56 Å². The first-order chi connectivity index (χ1) is 7.79. The van der Waals surface area contributed by atoms with Crippen LogP contribution in [0.15, 0.2) is 18.2 Å². The van der Waals surface area contributed by atoms with Crippen molar-refractivity contribution >= 4 is 5.78 Å². The number of Topliss-reactive ketones (excluding diaryl/α,β-unsaturated/α-hetero) is 1. The number of carbonyl (C=O) groups is 1. The van der Waals surface area contributed by atoms with Crippen LogP contribution in [0, 0.1) is 13.8 Å². The molecule has 0 saturated heterocycles. The molecule has 3 nitrogen and oxygen atoms in total. The van der Waals surface area contributed by atoms with Crippen molar-refractivity contribution in [1.29, 1.82) is 0 Å². The van der Waals surface area contributed by atoms with Gasteiger partial charge >= 0.3 is 0 Å². The van der Waals surface area contributed by atoms with E-state index in [0.717, 1.165) is 5.56 Å². The minimum Gasteiger partial charge on any atom is -0.371 e. The lowest BCUT2D eigenvalue weighted by Crippen LogP contribution is -2.38. The Morgan fingerprint density at radius 3 is 2.47 bits per heavy atom. The van der Waals surface area contributed by atoms with Gasteiger partial charge in [0.2, 0.25) is 0 Å². The molecule has 17 heavy (non-hydrogen) atoms. The van der Waals surface area contributed by atoms with Gasteiger partial charge in [-0.3, -0.25) is 4.79 Å². The Balaban J connectivity index is 2.56. The molecule has 1 rings (SSSR count). The molecule has 0 bridgehead atoms. The van der Waals surface area contributed by atoms with Gasteiger partial charge in [0.05, 0.1) is 6.61 Å². The normalized spacial score (nSPS) is 11.6. The molecular weight excluding hydrogens is 214 g/mol. The third-order valence-electron chi connectivity index (χ3n) is 2.54. The molecule has 0 aliphatic heterocycles. The summed E-state index contributed by atoms with van der Waals surface area (Å²) in [7, 11) is 0. The number of aryl methyl sites for hydroxylation is 2. The van der Waals surface area contributed by atoms with Crippen LogP contribution in [0.3, 0.4) is 0 Å². The van der Waals surface area contributed by atoms with Crippen LogP contribution in [0.2, 0.25) is 0 Å². The molecular formula is C14H21NO2. The predicted molar refractivity (Wildman–Crippen MR) is 69.3 cm³/mol. The number of hydrogen-bond acceptors (Lipinski definition) is 3. The third-order valence-corrected chi connectivity index (χ3v) is 2.54. The Kier molecular flexibility index (Phi) is 4.43. The molecule has 0 radical (unpaired) electrons. The summed E-state index contributed by atoms with van der Waals surface area (Å²) in [6.45, 7) is 8.22. The van der Waals surface area contributed by atoms with E-state index in [1.807, 2.05) is 45.9 Å². The van der Waals surface area contributed by atoms with E-state index in [2.05, 4.69) is 0 Å². The van der Waals surface area contributed by atoms with E-state index < -0.39 is 5.54 Å². The first-order valence-electron chi connectivity index (χ1n) is 5.77. The largest absolute Gasteiger partial charge is 0.371 e. The number of hydrogen-bond donors (Lipinski definition) is 1. The molecule has 0 fully saturated rings. The first kappa shape index (κ1) is 13.9. The van der Waals surface area contributed by atoms with Gasteiger partial charge in [-0.25, -0.2) is 0 Å². The van der Waals surface area contributed by atoms with Crippen molar-refractivity contribution < 1.29 is 9.53 Å². The molecule has 2 N–H and O–H groups in total. The number of nitrogens with two attached hydrogens (primary N) is 1. The minimum atomic E-state index is -0.399. The first-order valence-corrected chi connectivity index (χ1v) is 5.77. The van der Waals surface area contributed by atoms with Crippen molar-refractivity contribution in [3.05, 3.63) is 34.9 Å². The standard InChI is InChI=1S/C14H21NO2/c1-10-5-6-12(7-11(10)2)13(16)8-17-9-14(3,4)15/h5-7H,8-9,15H2,1-4H3. The zero-order valence-electron chi connectivity index (χ0n) is 11.0. The summed E-state index contributed by atoms with van der Waals surface area (Å²) in [4.78, 5) is 11.8. The van der Waals surface area contributed by atoms with Crippen molar-refractivity contribution in [2.45, 2.75) is 33.2 Å². The minimum absolute atomic E-state index is 0.00245. The summed E-state index contributed by atoms with van der Waals surface area (Å²) in [5, 5.41) is 0. The van der Waals surface area contributed by atoms with Gasteiger partial charge < -0.3 is 10.5 Å². The molecule has 0 saturated carbocycles. The average Bonchev–Trinajstić information content (AvgIpc) is 2.20. The fourth-order valence-electron chi connectivity index (χ4n) is 1.40. The molecule has 0 spiro atoms. The van der Waals surface area contributed by atoms with Gasteiger partial charge in [0, 0.05) is 11.1 Å². The number of ether oxygens (including phenoxy) is 1. The SMILES string of the molecule is Cc1ccc(C(=O)COCC(C)(C)N)cc1C. The fourth-order valence-corrected chi connectivity index (χ4v) is 1.40. The van der Waals surface area contributed by atoms with Crippen LogP contribution in [-0.4, -0.2) is 24.5 Å². The second-order valence-electron chi connectivity index (χ2n) is 5.20. The van der Waals surface area contributed by atoms with Crippen LogP contribution in [0.4, 0.5) is 0 Å². The van der Waals surface area contributed by atoms with Gasteiger partial charge in [-0.1, -0.05) is 12.1 Å². The van der Waals surface area contributed by atoms with Crippen molar-refractivity contribution in [3.63, 3.8) is 0 Å². The van der Waals surface area contributed by atoms with E-state index in [9.17, 15) is 4.79 Å². The highest BCUT2D eigenvalue weighted by molar-refractivity contribution is 5.97. The van der Waals surface area contributed by atoms with Crippen LogP contribution in [0.1, 0.15) is 35.3 Å². The smallest absolute Gasteiger partial charge is 0.188 e. The van der Waals surface area contributed by atoms with Crippen LogP contribution in [0.5, 0.6) is 0 Å². The fraction of sp³-hybridized carbons (Fsp3) is 0.500. The summed E-state index contributed by atoms with van der Waals surface area (Å²) in [5.41, 5.74) is 8.37. The van der Waals surface area contributed by atoms with E-state index in [0.29, 0.717) is 12.2 Å². The second kappa shape index (κ2) is 5.43. The molecule has 0 aliphatic rings. The van der Waals surface area contributed by atoms with Crippen LogP contribution < -0.4 is 5.73 Å². The summed E-state index contributed by atoms with van der Waals surface area (Å²) < 4.78 is 5.31. The molecule has 1 aromatic rings. The van der Waals surface area contributed by atoms with Crippen molar-refractivity contribution in [2.75, 3.05) is 13.2 Å². The topological polar surface area (TPSA) is 52.3 Å². The molecule has 3 heteroatoms. The monoisotopic (exact) mass is 235 g/mol. The van der Waals surface area contributed by atoms with E-state index in [4.69, 9.17) is 10.5 Å². The third kappa shape index (κ3) is 4.67. The van der Waals surface area contributed by atoms with Gasteiger partial charge in [-0.15, -0.1) is 0 Å². The Bertz CT molecular complexity index is 405. The number of benzene rings is 1. The Morgan fingerprint density at radius 2 is 1.94 bits per heavy atom. The van der Waals surface area contributed by atoms with Gasteiger partial charge in [0.1, 0.15) is 6.61 Å². The summed E-state index contributed by atoms with van der Waals surface area (Å²) in [6, 6.07) is 5.69. The van der Waals surface area contributed by atoms with Gasteiger partial charge in [0.25, 0.3) is 0 Å². The van der Waals surface area contributed by atoms with Gasteiger partial charge in [-0.2, -0.15) is 0 Å². The van der Waals surface area contributed by atoms with E-state index in [1.54, 1.807) is 0 Å². The van der Waals surface area contributed by atoms with E-state index >= 15 is 0 Å². The maximum atomic E-state index is 11.8. The van der Waals surface area contributed by atoms with Crippen molar-refractivity contribution in [2.24, 2.45) is 5.73 Å². The second-order valence-corrected chi connectivity index (χ2v) is 5.20. The average molecular weight is 235 g/mol. The molecule has 0 unspecified atom stereocenters. The highest BCUT2D eigenvalue weighted by atomic mass is 16.5. The predicted octanol–water partition coefficient (Wildman–Crippen LogP) is 2.24. The summed E-state index contributed by atoms with van der Waals surface area (Å²) >= 11 is 0. The number of rotatable bonds is 5. The molecule has 0 aromatic heterocycles. The molecule has 94 valence electrons. The van der Waals surface area contributed by atoms with Gasteiger partial charge in [0.15, 0.2) is 5.78 Å². The summed E-state index contributed by atoms with van der Waals surface area (Å²) in [6.07, 6.45) is 0. The molecule has 0 amide bonds. The van der Waals surface area contributed by atoms with Gasteiger partial charge in [-0.05, 0) is 44.9 Å². The maximum Gasteiger partial charge on any atom is 0.188 e. The zero-order chi connectivity index (χ0) is 13.1. The Morgan fingerprint density at radius 1 is 1.29 bits per heavy atom.